The van der Waals surface area contributed by atoms with Crippen LogP contribution in [0.25, 0.3) is 0 Å². The monoisotopic (exact) mass is 296 g/mol. The van der Waals surface area contributed by atoms with Gasteiger partial charge in [0, 0.05) is 0 Å². The standard InChI is InChI=1S/C15H20O4S/c1-10(2)12-8-15(9-12,14(16)17)20(18,19)13-6-4-11(3)5-7-13/h4-7,10,12H,8-9H2,1-3H3,(H,16,17). The van der Waals surface area contributed by atoms with E-state index in [1.807, 2.05) is 20.8 Å². The lowest BCUT2D eigenvalue weighted by atomic mass is 9.69. The summed E-state index contributed by atoms with van der Waals surface area (Å²) < 4.78 is 23.7. The minimum absolute atomic E-state index is 0.104. The Bertz CT molecular complexity index is 608. The van der Waals surface area contributed by atoms with Gasteiger partial charge in [-0.3, -0.25) is 4.79 Å². The summed E-state index contributed by atoms with van der Waals surface area (Å²) >= 11 is 0. The second kappa shape index (κ2) is 4.88. The molecule has 5 heteroatoms. The van der Waals surface area contributed by atoms with Gasteiger partial charge in [0.1, 0.15) is 0 Å². The van der Waals surface area contributed by atoms with Crippen molar-refractivity contribution in [3.05, 3.63) is 29.8 Å². The van der Waals surface area contributed by atoms with Crippen molar-refractivity contribution in [2.24, 2.45) is 11.8 Å². The van der Waals surface area contributed by atoms with Gasteiger partial charge in [-0.1, -0.05) is 31.5 Å². The summed E-state index contributed by atoms with van der Waals surface area (Å²) in [5.41, 5.74) is 0.946. The van der Waals surface area contributed by atoms with Crippen molar-refractivity contribution >= 4 is 15.8 Å². The van der Waals surface area contributed by atoms with Crippen LogP contribution in [0.2, 0.25) is 0 Å². The molecule has 0 bridgehead atoms. The van der Waals surface area contributed by atoms with Crippen molar-refractivity contribution in [3.8, 4) is 0 Å². The number of hydrogen-bond donors (Lipinski definition) is 1. The lowest BCUT2D eigenvalue weighted by Crippen LogP contribution is -2.57. The zero-order valence-electron chi connectivity index (χ0n) is 12.0. The second-order valence-corrected chi connectivity index (χ2v) is 8.29. The molecule has 0 atom stereocenters. The number of carboxylic acid groups (broad SMARTS) is 1. The Morgan fingerprint density at radius 2 is 1.75 bits per heavy atom. The van der Waals surface area contributed by atoms with Crippen LogP contribution in [0.1, 0.15) is 32.3 Å². The van der Waals surface area contributed by atoms with Crippen molar-refractivity contribution in [1.82, 2.24) is 0 Å². The molecule has 1 aliphatic rings. The molecule has 1 fully saturated rings. The highest BCUT2D eigenvalue weighted by Gasteiger charge is 2.60. The highest BCUT2D eigenvalue weighted by atomic mass is 32.2. The van der Waals surface area contributed by atoms with Crippen LogP contribution in [-0.2, 0) is 14.6 Å². The van der Waals surface area contributed by atoms with E-state index in [2.05, 4.69) is 0 Å². The molecule has 0 radical (unpaired) electrons. The van der Waals surface area contributed by atoms with E-state index < -0.39 is 20.6 Å². The maximum absolute atomic E-state index is 12.7. The molecule has 1 aromatic rings. The molecule has 1 aliphatic carbocycles. The van der Waals surface area contributed by atoms with Gasteiger partial charge in [0.25, 0.3) is 0 Å². The molecule has 0 unspecified atom stereocenters. The highest BCUT2D eigenvalue weighted by Crippen LogP contribution is 2.49. The van der Waals surface area contributed by atoms with Crippen molar-refractivity contribution in [2.45, 2.75) is 43.3 Å². The van der Waals surface area contributed by atoms with Crippen LogP contribution in [0.4, 0.5) is 0 Å². The molecule has 0 aliphatic heterocycles. The van der Waals surface area contributed by atoms with Crippen LogP contribution in [0.3, 0.4) is 0 Å². The number of sulfone groups is 1. The molecule has 0 heterocycles. The minimum Gasteiger partial charge on any atom is -0.480 e. The Morgan fingerprint density at radius 3 is 2.15 bits per heavy atom. The quantitative estimate of drug-likeness (QED) is 0.927. The molecule has 0 amide bonds. The van der Waals surface area contributed by atoms with Crippen LogP contribution >= 0.6 is 0 Å². The molecule has 0 saturated heterocycles. The molecule has 0 spiro atoms. The van der Waals surface area contributed by atoms with E-state index >= 15 is 0 Å². The maximum Gasteiger partial charge on any atom is 0.325 e. The average molecular weight is 296 g/mol. The van der Waals surface area contributed by atoms with Crippen LogP contribution in [0.5, 0.6) is 0 Å². The van der Waals surface area contributed by atoms with Crippen LogP contribution in [0, 0.1) is 18.8 Å². The van der Waals surface area contributed by atoms with Gasteiger partial charge in [0.05, 0.1) is 4.90 Å². The summed E-state index contributed by atoms with van der Waals surface area (Å²) in [5, 5.41) is 9.46. The van der Waals surface area contributed by atoms with E-state index in [0.29, 0.717) is 5.92 Å². The largest absolute Gasteiger partial charge is 0.480 e. The Balaban J connectivity index is 2.41. The minimum atomic E-state index is -3.85. The fourth-order valence-corrected chi connectivity index (χ4v) is 4.75. The van der Waals surface area contributed by atoms with Crippen LogP contribution < -0.4 is 0 Å². The molecule has 4 nitrogen and oxygen atoms in total. The molecule has 1 N–H and O–H groups in total. The third-order valence-corrected chi connectivity index (χ3v) is 6.79. The number of carbonyl (C=O) groups is 1. The molecule has 2 rings (SSSR count). The van der Waals surface area contributed by atoms with Gasteiger partial charge in [0.15, 0.2) is 14.6 Å². The topological polar surface area (TPSA) is 71.4 Å². The number of aryl methyl sites for hydroxylation is 1. The molecule has 110 valence electrons. The summed E-state index contributed by atoms with van der Waals surface area (Å²) in [6.07, 6.45) is 0.409. The third-order valence-electron chi connectivity index (χ3n) is 4.36. The lowest BCUT2D eigenvalue weighted by Gasteiger charge is -2.45. The third kappa shape index (κ3) is 2.14. The van der Waals surface area contributed by atoms with Gasteiger partial charge in [-0.15, -0.1) is 0 Å². The summed E-state index contributed by atoms with van der Waals surface area (Å²) in [5.74, 6) is -0.767. The number of benzene rings is 1. The van der Waals surface area contributed by atoms with Gasteiger partial charge < -0.3 is 5.11 Å². The smallest absolute Gasteiger partial charge is 0.325 e. The first-order valence-corrected chi connectivity index (χ1v) is 8.24. The molecular weight excluding hydrogens is 276 g/mol. The predicted molar refractivity (Wildman–Crippen MR) is 76.3 cm³/mol. The van der Waals surface area contributed by atoms with Gasteiger partial charge >= 0.3 is 5.97 Å². The number of hydrogen-bond acceptors (Lipinski definition) is 3. The van der Waals surface area contributed by atoms with E-state index in [1.165, 1.54) is 12.1 Å². The van der Waals surface area contributed by atoms with Crippen LogP contribution in [0.15, 0.2) is 29.2 Å². The molecular formula is C15H20O4S. The maximum atomic E-state index is 12.7. The van der Waals surface area contributed by atoms with Crippen LogP contribution in [-0.4, -0.2) is 24.2 Å². The van der Waals surface area contributed by atoms with Crippen molar-refractivity contribution in [1.29, 1.82) is 0 Å². The fourth-order valence-electron chi connectivity index (χ4n) is 2.71. The summed E-state index contributed by atoms with van der Waals surface area (Å²) in [6.45, 7) is 5.85. The van der Waals surface area contributed by atoms with Crippen molar-refractivity contribution < 1.29 is 18.3 Å². The van der Waals surface area contributed by atoms with Gasteiger partial charge in [-0.05, 0) is 43.7 Å². The summed E-state index contributed by atoms with van der Waals surface area (Å²) in [7, 11) is -3.85. The second-order valence-electron chi connectivity index (χ2n) is 6.03. The first-order valence-electron chi connectivity index (χ1n) is 6.75. The van der Waals surface area contributed by atoms with Crippen molar-refractivity contribution in [2.75, 3.05) is 0 Å². The summed E-state index contributed by atoms with van der Waals surface area (Å²) in [6, 6.07) is 6.39. The molecule has 1 aromatic carbocycles. The zero-order valence-corrected chi connectivity index (χ0v) is 12.8. The van der Waals surface area contributed by atoms with Crippen molar-refractivity contribution in [3.63, 3.8) is 0 Å². The Hall–Kier alpha value is -1.36. The van der Waals surface area contributed by atoms with E-state index in [9.17, 15) is 18.3 Å². The van der Waals surface area contributed by atoms with E-state index in [4.69, 9.17) is 0 Å². The summed E-state index contributed by atoms with van der Waals surface area (Å²) in [4.78, 5) is 11.7. The van der Waals surface area contributed by atoms with E-state index in [0.717, 1.165) is 5.56 Å². The number of aliphatic carboxylic acids is 1. The first-order chi connectivity index (χ1) is 9.20. The molecule has 0 aromatic heterocycles. The molecule has 1 saturated carbocycles. The number of carboxylic acids is 1. The fraction of sp³-hybridized carbons (Fsp3) is 0.533. The van der Waals surface area contributed by atoms with Gasteiger partial charge in [0.2, 0.25) is 0 Å². The molecule has 20 heavy (non-hydrogen) atoms. The van der Waals surface area contributed by atoms with E-state index in [1.54, 1.807) is 12.1 Å². The highest BCUT2D eigenvalue weighted by molar-refractivity contribution is 7.93. The SMILES string of the molecule is Cc1ccc(S(=O)(=O)C2(C(=O)O)CC(C(C)C)C2)cc1. The lowest BCUT2D eigenvalue weighted by molar-refractivity contribution is -0.144. The van der Waals surface area contributed by atoms with E-state index in [-0.39, 0.29) is 23.7 Å². The Labute approximate surface area is 119 Å². The average Bonchev–Trinajstić information content (AvgIpc) is 2.26. The predicted octanol–water partition coefficient (Wildman–Crippen LogP) is 2.66. The first kappa shape index (κ1) is 15.0. The Morgan fingerprint density at radius 1 is 1.25 bits per heavy atom. The van der Waals surface area contributed by atoms with Gasteiger partial charge in [-0.2, -0.15) is 0 Å². The normalized spacial score (nSPS) is 26.3. The number of rotatable bonds is 4. The Kier molecular flexibility index (Phi) is 3.67. The zero-order chi connectivity index (χ0) is 15.1. The van der Waals surface area contributed by atoms with Gasteiger partial charge in [-0.25, -0.2) is 8.42 Å².